The molecule has 0 unspecified atom stereocenters. The molecule has 0 saturated heterocycles. The van der Waals surface area contributed by atoms with Gasteiger partial charge in [0.05, 0.1) is 11.6 Å². The van der Waals surface area contributed by atoms with Crippen molar-refractivity contribution >= 4 is 10.8 Å². The molecule has 0 atom stereocenters. The van der Waals surface area contributed by atoms with Crippen molar-refractivity contribution in [3.8, 4) is 73.6 Å². The Labute approximate surface area is 297 Å². The molecule has 4 nitrogen and oxygen atoms in total. The van der Waals surface area contributed by atoms with Crippen molar-refractivity contribution in [1.29, 1.82) is 5.26 Å². The average molecular weight is 653 g/mol. The summed E-state index contributed by atoms with van der Waals surface area (Å²) < 4.78 is 0. The maximum Gasteiger partial charge on any atom is 0.164 e. The Bertz CT molecular complexity index is 2600. The Hall–Kier alpha value is -6.70. The number of nitriles is 1. The molecule has 0 amide bonds. The third kappa shape index (κ3) is 5.10. The molecule has 1 heterocycles. The molecule has 0 bridgehead atoms. The predicted octanol–water partition coefficient (Wildman–Crippen LogP) is 11.5. The molecule has 0 N–H and O–H groups in total. The fourth-order valence-electron chi connectivity index (χ4n) is 7.60. The van der Waals surface area contributed by atoms with Gasteiger partial charge in [0, 0.05) is 22.1 Å². The van der Waals surface area contributed by atoms with Crippen LogP contribution in [0.4, 0.5) is 0 Å². The van der Waals surface area contributed by atoms with Crippen molar-refractivity contribution < 1.29 is 0 Å². The summed E-state index contributed by atoms with van der Waals surface area (Å²) in [5.41, 5.74) is 12.8. The van der Waals surface area contributed by atoms with Crippen LogP contribution < -0.4 is 0 Å². The summed E-state index contributed by atoms with van der Waals surface area (Å²) in [6.45, 7) is 4.53. The molecule has 1 aliphatic carbocycles. The Morgan fingerprint density at radius 2 is 1.02 bits per heavy atom. The fourth-order valence-corrected chi connectivity index (χ4v) is 7.60. The van der Waals surface area contributed by atoms with Crippen LogP contribution in [-0.4, -0.2) is 15.0 Å². The second kappa shape index (κ2) is 12.0. The molecule has 9 rings (SSSR count). The second-order valence-electron chi connectivity index (χ2n) is 13.6. The van der Waals surface area contributed by atoms with Gasteiger partial charge in [-0.3, -0.25) is 0 Å². The molecule has 0 spiro atoms. The van der Waals surface area contributed by atoms with Crippen LogP contribution >= 0.6 is 0 Å². The van der Waals surface area contributed by atoms with Gasteiger partial charge in [0.25, 0.3) is 0 Å². The largest absolute Gasteiger partial charge is 0.208 e. The number of hydrogen-bond acceptors (Lipinski definition) is 4. The molecule has 240 valence electrons. The first-order chi connectivity index (χ1) is 25.0. The third-order valence-corrected chi connectivity index (χ3v) is 10.2. The lowest BCUT2D eigenvalue weighted by Crippen LogP contribution is -2.15. The minimum atomic E-state index is -0.234. The number of fused-ring (bicyclic) bond motifs is 4. The highest BCUT2D eigenvalue weighted by molar-refractivity contribution is 6.08. The molecule has 0 fully saturated rings. The zero-order valence-corrected chi connectivity index (χ0v) is 28.3. The van der Waals surface area contributed by atoms with Gasteiger partial charge >= 0.3 is 0 Å². The van der Waals surface area contributed by atoms with E-state index in [1.54, 1.807) is 0 Å². The number of nitrogens with zero attached hydrogens (tertiary/aromatic N) is 4. The molecule has 7 aromatic carbocycles. The van der Waals surface area contributed by atoms with Crippen LogP contribution in [0.2, 0.25) is 0 Å². The van der Waals surface area contributed by atoms with Gasteiger partial charge in [0.1, 0.15) is 0 Å². The summed E-state index contributed by atoms with van der Waals surface area (Å²) in [6.07, 6.45) is 0. The Morgan fingerprint density at radius 3 is 1.67 bits per heavy atom. The number of benzene rings is 7. The maximum atomic E-state index is 9.73. The van der Waals surface area contributed by atoms with Crippen LogP contribution in [-0.2, 0) is 5.41 Å². The quantitative estimate of drug-likeness (QED) is 0.186. The van der Waals surface area contributed by atoms with E-state index in [2.05, 4.69) is 111 Å². The minimum Gasteiger partial charge on any atom is -0.208 e. The monoisotopic (exact) mass is 652 g/mol. The van der Waals surface area contributed by atoms with E-state index in [-0.39, 0.29) is 5.41 Å². The van der Waals surface area contributed by atoms with E-state index in [0.717, 1.165) is 27.8 Å². The topological polar surface area (TPSA) is 62.5 Å². The van der Waals surface area contributed by atoms with Gasteiger partial charge in [0.15, 0.2) is 17.5 Å². The van der Waals surface area contributed by atoms with Crippen LogP contribution in [0.1, 0.15) is 30.5 Å². The summed E-state index contributed by atoms with van der Waals surface area (Å²) in [4.78, 5) is 14.8. The smallest absolute Gasteiger partial charge is 0.164 e. The van der Waals surface area contributed by atoms with Crippen LogP contribution in [0.25, 0.3) is 78.3 Å². The average Bonchev–Trinajstić information content (AvgIpc) is 3.43. The highest BCUT2D eigenvalue weighted by atomic mass is 15.0. The van der Waals surface area contributed by atoms with Crippen LogP contribution in [0.5, 0.6) is 0 Å². The van der Waals surface area contributed by atoms with Gasteiger partial charge < -0.3 is 0 Å². The van der Waals surface area contributed by atoms with Crippen LogP contribution in [0.15, 0.2) is 158 Å². The van der Waals surface area contributed by atoms with Gasteiger partial charge in [-0.15, -0.1) is 0 Å². The van der Waals surface area contributed by atoms with Crippen molar-refractivity contribution in [2.75, 3.05) is 0 Å². The summed E-state index contributed by atoms with van der Waals surface area (Å²) >= 11 is 0. The first kappa shape index (κ1) is 30.4. The zero-order chi connectivity index (χ0) is 34.5. The summed E-state index contributed by atoms with van der Waals surface area (Å²) in [7, 11) is 0. The van der Waals surface area contributed by atoms with Crippen LogP contribution in [0.3, 0.4) is 0 Å². The van der Waals surface area contributed by atoms with Crippen molar-refractivity contribution in [3.05, 3.63) is 174 Å². The molecule has 8 aromatic rings. The molecule has 0 saturated carbocycles. The number of hydrogen-bond donors (Lipinski definition) is 0. The number of rotatable bonds is 5. The molecule has 1 aromatic heterocycles. The maximum absolute atomic E-state index is 9.73. The van der Waals surface area contributed by atoms with E-state index in [4.69, 9.17) is 15.0 Å². The molecule has 0 radical (unpaired) electrons. The molecular weight excluding hydrogens is 621 g/mol. The number of aromatic nitrogens is 3. The molecule has 51 heavy (non-hydrogen) atoms. The van der Waals surface area contributed by atoms with Crippen LogP contribution in [0, 0.1) is 11.3 Å². The lowest BCUT2D eigenvalue weighted by Gasteiger charge is -2.22. The molecule has 4 heteroatoms. The Morgan fingerprint density at radius 1 is 0.451 bits per heavy atom. The van der Waals surface area contributed by atoms with E-state index in [1.165, 1.54) is 44.2 Å². The van der Waals surface area contributed by atoms with E-state index >= 15 is 0 Å². The van der Waals surface area contributed by atoms with Gasteiger partial charge in [-0.1, -0.05) is 159 Å². The van der Waals surface area contributed by atoms with E-state index in [1.807, 2.05) is 66.7 Å². The van der Waals surface area contributed by atoms with Crippen molar-refractivity contribution in [2.45, 2.75) is 19.3 Å². The minimum absolute atomic E-state index is 0.234. The molecular formula is C47H32N4. The van der Waals surface area contributed by atoms with Gasteiger partial charge in [-0.2, -0.15) is 5.26 Å². The lowest BCUT2D eigenvalue weighted by atomic mass is 9.81. The summed E-state index contributed by atoms with van der Waals surface area (Å²) in [6, 6.07) is 56.9. The Balaban J connectivity index is 1.21. The van der Waals surface area contributed by atoms with Crippen molar-refractivity contribution in [2.24, 2.45) is 0 Å². The Kier molecular flexibility index (Phi) is 7.15. The highest BCUT2D eigenvalue weighted by Crippen LogP contribution is 2.54. The first-order valence-corrected chi connectivity index (χ1v) is 17.2. The summed E-state index contributed by atoms with van der Waals surface area (Å²) in [5.74, 6) is 1.91. The predicted molar refractivity (Wildman–Crippen MR) is 207 cm³/mol. The second-order valence-corrected chi connectivity index (χ2v) is 13.6. The standard InChI is InChI=1S/C47H32N4/c1-47(2)40-19-11-18-39(43(40)38-26-20-30(29-48)28-41(38)47)42-36-17-10-9-12-31(36)25-27-37(42)32-21-23-35(24-22-32)46-50-44(33-13-5-3-6-14-33)49-45(51-46)34-15-7-4-8-16-34/h3-28H,1-2H3. The SMILES string of the molecule is CC1(C)c2cc(C#N)ccc2-c2c(-c3c(-c4ccc(-c5nc(-c6ccccc6)nc(-c6ccccc6)n5)cc4)ccc4ccccc34)cccc21. The van der Waals surface area contributed by atoms with Gasteiger partial charge in [0.2, 0.25) is 0 Å². The van der Waals surface area contributed by atoms with E-state index in [0.29, 0.717) is 23.0 Å². The summed E-state index contributed by atoms with van der Waals surface area (Å²) in [5, 5.41) is 12.1. The van der Waals surface area contributed by atoms with E-state index < -0.39 is 0 Å². The molecule has 0 aliphatic heterocycles. The van der Waals surface area contributed by atoms with Gasteiger partial charge in [-0.05, 0) is 67.4 Å². The zero-order valence-electron chi connectivity index (χ0n) is 28.3. The van der Waals surface area contributed by atoms with Crippen molar-refractivity contribution in [1.82, 2.24) is 15.0 Å². The normalized spacial score (nSPS) is 12.6. The van der Waals surface area contributed by atoms with Gasteiger partial charge in [-0.25, -0.2) is 15.0 Å². The fraction of sp³-hybridized carbons (Fsp3) is 0.0638. The van der Waals surface area contributed by atoms with E-state index in [9.17, 15) is 5.26 Å². The van der Waals surface area contributed by atoms with Crippen molar-refractivity contribution in [3.63, 3.8) is 0 Å². The highest BCUT2D eigenvalue weighted by Gasteiger charge is 2.37. The molecule has 1 aliphatic rings. The lowest BCUT2D eigenvalue weighted by molar-refractivity contribution is 0.660. The third-order valence-electron chi connectivity index (χ3n) is 10.2. The first-order valence-electron chi connectivity index (χ1n) is 17.2.